The maximum Gasteiger partial charge on any atom is 0.239 e. The first kappa shape index (κ1) is 12.5. The topological polar surface area (TPSA) is 35.6 Å². The minimum Gasteiger partial charge on any atom is -0.341 e. The Labute approximate surface area is 92.6 Å². The van der Waals surface area contributed by atoms with E-state index in [0.29, 0.717) is 0 Å². The summed E-state index contributed by atoms with van der Waals surface area (Å²) in [5.74, 6) is 0.256. The summed E-state index contributed by atoms with van der Waals surface area (Å²) in [7, 11) is 4.07. The lowest BCUT2D eigenvalue weighted by Gasteiger charge is -2.21. The van der Waals surface area contributed by atoms with Gasteiger partial charge in [0.25, 0.3) is 0 Å². The molecule has 1 aliphatic rings. The Morgan fingerprint density at radius 3 is 2.53 bits per heavy atom. The lowest BCUT2D eigenvalue weighted by molar-refractivity contribution is -0.131. The molecule has 1 fully saturated rings. The zero-order chi connectivity index (χ0) is 11.3. The number of likely N-dealkylation sites (tertiary alicyclic amines) is 1. The van der Waals surface area contributed by atoms with E-state index in [-0.39, 0.29) is 11.9 Å². The molecular weight excluding hydrogens is 190 g/mol. The van der Waals surface area contributed by atoms with Crippen LogP contribution in [0.15, 0.2) is 0 Å². The molecule has 1 amide bonds. The van der Waals surface area contributed by atoms with Crippen LogP contribution < -0.4 is 5.32 Å². The Balaban J connectivity index is 2.20. The van der Waals surface area contributed by atoms with Crippen molar-refractivity contribution in [3.8, 4) is 0 Å². The number of amides is 1. The highest BCUT2D eigenvalue weighted by atomic mass is 16.2. The molecule has 0 aromatic rings. The molecule has 0 aromatic carbocycles. The summed E-state index contributed by atoms with van der Waals surface area (Å²) in [5, 5.41) is 3.26. The Morgan fingerprint density at radius 1 is 1.40 bits per heavy atom. The van der Waals surface area contributed by atoms with Gasteiger partial charge in [0.1, 0.15) is 0 Å². The van der Waals surface area contributed by atoms with Crippen molar-refractivity contribution < 1.29 is 4.79 Å². The monoisotopic (exact) mass is 213 g/mol. The first-order valence-electron chi connectivity index (χ1n) is 5.78. The minimum atomic E-state index is -0.0388. The van der Waals surface area contributed by atoms with Crippen LogP contribution in [0.4, 0.5) is 0 Å². The molecule has 4 heteroatoms. The van der Waals surface area contributed by atoms with Crippen molar-refractivity contribution in [2.24, 2.45) is 0 Å². The summed E-state index contributed by atoms with van der Waals surface area (Å²) >= 11 is 0. The van der Waals surface area contributed by atoms with Gasteiger partial charge >= 0.3 is 0 Å². The quantitative estimate of drug-likeness (QED) is 0.706. The van der Waals surface area contributed by atoms with Crippen molar-refractivity contribution in [1.82, 2.24) is 15.1 Å². The SMILES string of the molecule is C[C@@H](NCCN(C)C)C(=O)N1CCCC1. The summed E-state index contributed by atoms with van der Waals surface area (Å²) in [6, 6.07) is -0.0388. The third-order valence-electron chi connectivity index (χ3n) is 2.80. The standard InChI is InChI=1S/C11H23N3O/c1-10(12-6-9-13(2)3)11(15)14-7-4-5-8-14/h10,12H,4-9H2,1-3H3/t10-/m1/s1. The van der Waals surface area contributed by atoms with E-state index in [1.807, 2.05) is 25.9 Å². The average molecular weight is 213 g/mol. The van der Waals surface area contributed by atoms with E-state index >= 15 is 0 Å². The Bertz CT molecular complexity index is 200. The fourth-order valence-corrected chi connectivity index (χ4v) is 1.80. The molecule has 1 rings (SSSR count). The second-order valence-electron chi connectivity index (χ2n) is 4.51. The van der Waals surface area contributed by atoms with Crippen molar-refractivity contribution in [1.29, 1.82) is 0 Å². The third kappa shape index (κ3) is 4.18. The van der Waals surface area contributed by atoms with Crippen LogP contribution in [0.1, 0.15) is 19.8 Å². The molecule has 88 valence electrons. The van der Waals surface area contributed by atoms with E-state index in [9.17, 15) is 4.79 Å². The van der Waals surface area contributed by atoms with Crippen molar-refractivity contribution >= 4 is 5.91 Å². The van der Waals surface area contributed by atoms with Gasteiger partial charge in [0.2, 0.25) is 5.91 Å². The van der Waals surface area contributed by atoms with E-state index < -0.39 is 0 Å². The summed E-state index contributed by atoms with van der Waals surface area (Å²) in [6.07, 6.45) is 2.33. The number of hydrogen-bond donors (Lipinski definition) is 1. The van der Waals surface area contributed by atoms with E-state index in [2.05, 4.69) is 10.2 Å². The summed E-state index contributed by atoms with van der Waals surface area (Å²) < 4.78 is 0. The molecule has 0 saturated carbocycles. The van der Waals surface area contributed by atoms with Crippen LogP contribution >= 0.6 is 0 Å². The number of carbonyl (C=O) groups is 1. The second kappa shape index (κ2) is 6.08. The largest absolute Gasteiger partial charge is 0.341 e. The first-order chi connectivity index (χ1) is 7.11. The predicted molar refractivity (Wildman–Crippen MR) is 61.8 cm³/mol. The molecule has 1 aliphatic heterocycles. The second-order valence-corrected chi connectivity index (χ2v) is 4.51. The zero-order valence-electron chi connectivity index (χ0n) is 10.1. The third-order valence-corrected chi connectivity index (χ3v) is 2.80. The summed E-state index contributed by atoms with van der Waals surface area (Å²) in [5.41, 5.74) is 0. The smallest absolute Gasteiger partial charge is 0.239 e. The molecule has 1 N–H and O–H groups in total. The number of hydrogen-bond acceptors (Lipinski definition) is 3. The van der Waals surface area contributed by atoms with Gasteiger partial charge in [0.15, 0.2) is 0 Å². The van der Waals surface area contributed by atoms with Gasteiger partial charge in [-0.3, -0.25) is 4.79 Å². The van der Waals surface area contributed by atoms with Crippen molar-refractivity contribution in [2.75, 3.05) is 40.3 Å². The van der Waals surface area contributed by atoms with E-state index in [1.54, 1.807) is 0 Å². The molecule has 1 heterocycles. The predicted octanol–water partition coefficient (Wildman–Crippen LogP) is 0.149. The maximum atomic E-state index is 11.9. The van der Waals surface area contributed by atoms with Gasteiger partial charge < -0.3 is 15.1 Å². The van der Waals surface area contributed by atoms with Gasteiger partial charge in [0.05, 0.1) is 6.04 Å². The van der Waals surface area contributed by atoms with Gasteiger partial charge in [-0.1, -0.05) is 0 Å². The molecule has 0 aliphatic carbocycles. The first-order valence-corrected chi connectivity index (χ1v) is 5.78. The molecule has 0 bridgehead atoms. The number of nitrogens with zero attached hydrogens (tertiary/aromatic N) is 2. The van der Waals surface area contributed by atoms with Crippen LogP contribution in [0.3, 0.4) is 0 Å². The highest BCUT2D eigenvalue weighted by molar-refractivity contribution is 5.81. The van der Waals surface area contributed by atoms with Gasteiger partial charge in [-0.2, -0.15) is 0 Å². The zero-order valence-corrected chi connectivity index (χ0v) is 10.1. The van der Waals surface area contributed by atoms with Crippen LogP contribution in [-0.4, -0.2) is 62.0 Å². The fourth-order valence-electron chi connectivity index (χ4n) is 1.80. The average Bonchev–Trinajstić information content (AvgIpc) is 2.68. The fraction of sp³-hybridized carbons (Fsp3) is 0.909. The molecular formula is C11H23N3O. The number of carbonyl (C=O) groups excluding carboxylic acids is 1. The molecule has 15 heavy (non-hydrogen) atoms. The number of likely N-dealkylation sites (N-methyl/N-ethyl adjacent to an activating group) is 1. The Hall–Kier alpha value is -0.610. The molecule has 1 saturated heterocycles. The number of nitrogens with one attached hydrogen (secondary N) is 1. The van der Waals surface area contributed by atoms with E-state index in [1.165, 1.54) is 0 Å². The van der Waals surface area contributed by atoms with Gasteiger partial charge in [-0.25, -0.2) is 0 Å². The normalized spacial score (nSPS) is 18.5. The minimum absolute atomic E-state index is 0.0388. The molecule has 0 unspecified atom stereocenters. The summed E-state index contributed by atoms with van der Waals surface area (Å²) in [4.78, 5) is 15.9. The molecule has 0 spiro atoms. The van der Waals surface area contributed by atoms with E-state index in [4.69, 9.17) is 0 Å². The van der Waals surface area contributed by atoms with Crippen molar-refractivity contribution in [2.45, 2.75) is 25.8 Å². The molecule has 0 aromatic heterocycles. The Kier molecular flexibility index (Phi) is 5.05. The van der Waals surface area contributed by atoms with E-state index in [0.717, 1.165) is 39.0 Å². The summed E-state index contributed by atoms with van der Waals surface area (Å²) in [6.45, 7) is 5.68. The molecule has 4 nitrogen and oxygen atoms in total. The van der Waals surface area contributed by atoms with Crippen LogP contribution in [0, 0.1) is 0 Å². The van der Waals surface area contributed by atoms with Crippen LogP contribution in [0.5, 0.6) is 0 Å². The lowest BCUT2D eigenvalue weighted by Crippen LogP contribution is -2.45. The van der Waals surface area contributed by atoms with Crippen LogP contribution in [-0.2, 0) is 4.79 Å². The molecule has 1 atom stereocenters. The van der Waals surface area contributed by atoms with Crippen LogP contribution in [0.2, 0.25) is 0 Å². The van der Waals surface area contributed by atoms with Gasteiger partial charge in [-0.15, -0.1) is 0 Å². The van der Waals surface area contributed by atoms with Crippen molar-refractivity contribution in [3.05, 3.63) is 0 Å². The van der Waals surface area contributed by atoms with Gasteiger partial charge in [0, 0.05) is 26.2 Å². The number of rotatable bonds is 5. The Morgan fingerprint density at radius 2 is 2.00 bits per heavy atom. The van der Waals surface area contributed by atoms with Crippen molar-refractivity contribution in [3.63, 3.8) is 0 Å². The highest BCUT2D eigenvalue weighted by Gasteiger charge is 2.22. The molecule has 0 radical (unpaired) electrons. The lowest BCUT2D eigenvalue weighted by atomic mass is 10.3. The van der Waals surface area contributed by atoms with Crippen LogP contribution in [0.25, 0.3) is 0 Å². The maximum absolute atomic E-state index is 11.9. The van der Waals surface area contributed by atoms with Gasteiger partial charge in [-0.05, 0) is 33.9 Å². The highest BCUT2D eigenvalue weighted by Crippen LogP contribution is 2.08.